The van der Waals surface area contributed by atoms with E-state index in [1.54, 1.807) is 6.92 Å². The van der Waals surface area contributed by atoms with E-state index >= 15 is 0 Å². The average molecular weight is 462 g/mol. The van der Waals surface area contributed by atoms with Crippen LogP contribution in [0.25, 0.3) is 16.4 Å². The maximum absolute atomic E-state index is 13.0. The molecule has 2 aromatic carbocycles. The molecule has 4 rings (SSSR count). The summed E-state index contributed by atoms with van der Waals surface area (Å²) in [6, 6.07) is 14.6. The van der Waals surface area contributed by atoms with E-state index < -0.39 is 44.4 Å². The zero-order chi connectivity index (χ0) is 23.1. The van der Waals surface area contributed by atoms with Crippen molar-refractivity contribution in [1.82, 2.24) is 19.9 Å². The first-order valence-electron chi connectivity index (χ1n) is 9.47. The Morgan fingerprint density at radius 2 is 1.78 bits per heavy atom. The summed E-state index contributed by atoms with van der Waals surface area (Å²) in [5, 5.41) is 10.9. The largest absolute Gasteiger partial charge is 0.417 e. The summed E-state index contributed by atoms with van der Waals surface area (Å²) in [6.07, 6.45) is -4.08. The number of aromatic nitrogens is 3. The Balaban J connectivity index is 1.54. The Morgan fingerprint density at radius 3 is 2.50 bits per heavy atom. The van der Waals surface area contributed by atoms with Crippen LogP contribution >= 0.6 is 0 Å². The van der Waals surface area contributed by atoms with Crippen LogP contribution in [-0.4, -0.2) is 34.7 Å². The molecular formula is C21H17F3N4O3S. The predicted molar refractivity (Wildman–Crippen MR) is 111 cm³/mol. The smallest absolute Gasteiger partial charge is 0.349 e. The van der Waals surface area contributed by atoms with Gasteiger partial charge in [0.05, 0.1) is 11.6 Å². The number of benzene rings is 2. The van der Waals surface area contributed by atoms with Gasteiger partial charge in [-0.25, -0.2) is 8.42 Å². The van der Waals surface area contributed by atoms with Crippen LogP contribution in [0.15, 0.2) is 66.0 Å². The van der Waals surface area contributed by atoms with Gasteiger partial charge in [0.25, 0.3) is 5.16 Å². The van der Waals surface area contributed by atoms with Gasteiger partial charge in [-0.2, -0.15) is 13.2 Å². The number of rotatable bonds is 5. The summed E-state index contributed by atoms with van der Waals surface area (Å²) < 4.78 is 65.1. The first-order valence-corrected chi connectivity index (χ1v) is 11.1. The molecule has 0 aliphatic carbocycles. The van der Waals surface area contributed by atoms with Crippen molar-refractivity contribution < 1.29 is 26.4 Å². The zero-order valence-electron chi connectivity index (χ0n) is 16.7. The van der Waals surface area contributed by atoms with Crippen molar-refractivity contribution in [1.29, 1.82) is 0 Å². The molecule has 166 valence electrons. The lowest BCUT2D eigenvalue weighted by atomic mass is 10.0. The number of nitrogens with zero attached hydrogens (tertiary/aromatic N) is 3. The molecule has 0 unspecified atom stereocenters. The second kappa shape index (κ2) is 7.90. The number of fused-ring (bicyclic) bond motifs is 2. The minimum atomic E-state index is -4.67. The Labute approximate surface area is 180 Å². The second-order valence-electron chi connectivity index (χ2n) is 7.28. The van der Waals surface area contributed by atoms with Crippen molar-refractivity contribution >= 4 is 32.2 Å². The molecule has 0 radical (unpaired) electrons. The topological polar surface area (TPSA) is 93.4 Å². The highest BCUT2D eigenvalue weighted by Crippen LogP contribution is 2.29. The van der Waals surface area contributed by atoms with Gasteiger partial charge in [-0.05, 0) is 41.5 Å². The van der Waals surface area contributed by atoms with Crippen molar-refractivity contribution in [2.45, 2.75) is 24.3 Å². The number of carbonyl (C=O) groups excluding carboxylic acids is 1. The molecule has 32 heavy (non-hydrogen) atoms. The Hall–Kier alpha value is -3.47. The summed E-state index contributed by atoms with van der Waals surface area (Å²) in [5.41, 5.74) is -0.366. The summed E-state index contributed by atoms with van der Waals surface area (Å²) in [7, 11) is -4.36. The molecule has 7 nitrogen and oxygen atoms in total. The molecule has 0 spiro atoms. The quantitative estimate of drug-likeness (QED) is 0.490. The van der Waals surface area contributed by atoms with Gasteiger partial charge in [0.15, 0.2) is 5.65 Å². The first kappa shape index (κ1) is 21.8. The third-order valence-electron chi connectivity index (χ3n) is 4.95. The molecule has 0 fully saturated rings. The van der Waals surface area contributed by atoms with Crippen LogP contribution in [-0.2, 0) is 20.8 Å². The number of pyridine rings is 1. The average Bonchev–Trinajstić information content (AvgIpc) is 3.16. The molecular weight excluding hydrogens is 445 g/mol. The second-order valence-corrected chi connectivity index (χ2v) is 9.16. The number of alkyl halides is 3. The Kier molecular flexibility index (Phi) is 5.37. The van der Waals surface area contributed by atoms with Crippen molar-refractivity contribution in [3.63, 3.8) is 0 Å². The van der Waals surface area contributed by atoms with Gasteiger partial charge in [-0.3, -0.25) is 9.20 Å². The lowest BCUT2D eigenvalue weighted by Gasteiger charge is -2.15. The summed E-state index contributed by atoms with van der Waals surface area (Å²) in [6.45, 7) is 1.71. The molecule has 0 saturated carbocycles. The normalized spacial score (nSPS) is 13.4. The number of sulfone groups is 1. The molecule has 1 N–H and O–H groups in total. The lowest BCUT2D eigenvalue weighted by molar-refractivity contribution is -0.137. The van der Waals surface area contributed by atoms with Crippen molar-refractivity contribution in [3.8, 4) is 0 Å². The third-order valence-corrected chi connectivity index (χ3v) is 6.43. The fraction of sp³-hybridized carbons (Fsp3) is 0.190. The van der Waals surface area contributed by atoms with E-state index in [1.807, 2.05) is 42.5 Å². The SMILES string of the molecule is C[C@H](NC(=O)CS(=O)(=O)c1nnc2ccc(C(F)(F)F)cn12)c1ccc2ccccc2c1. The van der Waals surface area contributed by atoms with Crippen LogP contribution in [0.1, 0.15) is 24.1 Å². The lowest BCUT2D eigenvalue weighted by Crippen LogP contribution is -2.33. The van der Waals surface area contributed by atoms with Crippen molar-refractivity contribution in [2.24, 2.45) is 0 Å². The number of hydrogen-bond donors (Lipinski definition) is 1. The van der Waals surface area contributed by atoms with Gasteiger partial charge in [0.1, 0.15) is 5.75 Å². The van der Waals surface area contributed by atoms with E-state index in [2.05, 4.69) is 15.5 Å². The zero-order valence-corrected chi connectivity index (χ0v) is 17.5. The van der Waals surface area contributed by atoms with Crippen LogP contribution in [0.4, 0.5) is 13.2 Å². The van der Waals surface area contributed by atoms with Crippen LogP contribution in [0, 0.1) is 0 Å². The van der Waals surface area contributed by atoms with E-state index in [1.165, 1.54) is 0 Å². The van der Waals surface area contributed by atoms with Crippen LogP contribution < -0.4 is 5.32 Å². The van der Waals surface area contributed by atoms with Crippen molar-refractivity contribution in [3.05, 3.63) is 71.9 Å². The summed E-state index contributed by atoms with van der Waals surface area (Å²) >= 11 is 0. The highest BCUT2D eigenvalue weighted by atomic mass is 32.2. The van der Waals surface area contributed by atoms with Crippen LogP contribution in [0.5, 0.6) is 0 Å². The summed E-state index contributed by atoms with van der Waals surface area (Å²) in [5.74, 6) is -1.79. The number of amides is 1. The molecule has 2 aromatic heterocycles. The molecule has 2 heterocycles. The number of nitrogens with one attached hydrogen (secondary N) is 1. The van der Waals surface area contributed by atoms with Gasteiger partial charge in [0, 0.05) is 6.20 Å². The minimum Gasteiger partial charge on any atom is -0.349 e. The molecule has 0 aliphatic rings. The molecule has 1 amide bonds. The van der Waals surface area contributed by atoms with Gasteiger partial charge in [0.2, 0.25) is 15.7 Å². The Bertz CT molecular complexity index is 1430. The fourth-order valence-corrected chi connectivity index (χ4v) is 4.50. The molecule has 1 atom stereocenters. The van der Waals surface area contributed by atoms with Gasteiger partial charge in [-0.15, -0.1) is 10.2 Å². The molecule has 0 bridgehead atoms. The van der Waals surface area contributed by atoms with E-state index in [0.29, 0.717) is 6.20 Å². The number of hydrogen-bond acceptors (Lipinski definition) is 5. The van der Waals surface area contributed by atoms with Gasteiger partial charge >= 0.3 is 6.18 Å². The van der Waals surface area contributed by atoms with E-state index in [9.17, 15) is 26.4 Å². The molecule has 0 aliphatic heterocycles. The molecule has 11 heteroatoms. The minimum absolute atomic E-state index is 0.0819. The molecule has 0 saturated heterocycles. The maximum atomic E-state index is 13.0. The highest BCUT2D eigenvalue weighted by molar-refractivity contribution is 7.91. The molecule has 4 aromatic rings. The summed E-state index contributed by atoms with van der Waals surface area (Å²) in [4.78, 5) is 12.4. The highest BCUT2D eigenvalue weighted by Gasteiger charge is 2.32. The fourth-order valence-electron chi connectivity index (χ4n) is 3.33. The van der Waals surface area contributed by atoms with Gasteiger partial charge in [-0.1, -0.05) is 36.4 Å². The van der Waals surface area contributed by atoms with Crippen LogP contribution in [0.3, 0.4) is 0 Å². The number of carbonyl (C=O) groups is 1. The van der Waals surface area contributed by atoms with Crippen LogP contribution in [0.2, 0.25) is 0 Å². The van der Waals surface area contributed by atoms with Crippen molar-refractivity contribution in [2.75, 3.05) is 5.75 Å². The van der Waals surface area contributed by atoms with Gasteiger partial charge < -0.3 is 5.32 Å². The number of halogens is 3. The maximum Gasteiger partial charge on any atom is 0.417 e. The predicted octanol–water partition coefficient (Wildman–Crippen LogP) is 3.55. The monoisotopic (exact) mass is 462 g/mol. The van der Waals surface area contributed by atoms with E-state index in [0.717, 1.165) is 32.9 Å². The standard InChI is InChI=1S/C21H17F3N4O3S/c1-13(15-7-6-14-4-2-3-5-16(14)10-15)25-19(29)12-32(30,31)20-27-26-18-9-8-17(11-28(18)20)21(22,23)24/h2-11,13H,12H2,1H3,(H,25,29)/t13-/m0/s1. The first-order chi connectivity index (χ1) is 15.0. The third kappa shape index (κ3) is 4.28. The van der Waals surface area contributed by atoms with E-state index in [4.69, 9.17) is 0 Å². The Morgan fingerprint density at radius 1 is 1.06 bits per heavy atom. The van der Waals surface area contributed by atoms with E-state index in [-0.39, 0.29) is 5.65 Å².